The minimum absolute atomic E-state index is 0.903. The van der Waals surface area contributed by atoms with E-state index in [1.807, 2.05) is 0 Å². The zero-order valence-corrected chi connectivity index (χ0v) is 15.5. The summed E-state index contributed by atoms with van der Waals surface area (Å²) >= 11 is 0. The van der Waals surface area contributed by atoms with Crippen LogP contribution in [0.1, 0.15) is 6.92 Å². The van der Waals surface area contributed by atoms with Gasteiger partial charge in [0.2, 0.25) is 0 Å². The molecule has 0 aliphatic heterocycles. The van der Waals surface area contributed by atoms with Gasteiger partial charge in [-0.2, -0.15) is 0 Å². The zero-order valence-electron chi connectivity index (χ0n) is 15.5. The molecule has 132 valence electrons. The SMILES string of the molecule is CCNc1ccccc1-c1ccccc1-c1ccccc1-c1ccccc1. The lowest BCUT2D eigenvalue weighted by atomic mass is 9.89. The van der Waals surface area contributed by atoms with Gasteiger partial charge in [-0.3, -0.25) is 0 Å². The van der Waals surface area contributed by atoms with E-state index in [0.717, 1.165) is 6.54 Å². The number of hydrogen-bond acceptors (Lipinski definition) is 1. The molecule has 1 heteroatoms. The van der Waals surface area contributed by atoms with Crippen LogP contribution in [0.2, 0.25) is 0 Å². The van der Waals surface area contributed by atoms with Crippen LogP contribution in [0.3, 0.4) is 0 Å². The molecule has 0 bridgehead atoms. The fraction of sp³-hybridized carbons (Fsp3) is 0.0769. The van der Waals surface area contributed by atoms with Gasteiger partial charge in [-0.05, 0) is 40.8 Å². The topological polar surface area (TPSA) is 12.0 Å². The second-order valence-electron chi connectivity index (χ2n) is 6.53. The van der Waals surface area contributed by atoms with E-state index in [-0.39, 0.29) is 0 Å². The predicted molar refractivity (Wildman–Crippen MR) is 117 cm³/mol. The van der Waals surface area contributed by atoms with Crippen LogP contribution < -0.4 is 5.32 Å². The van der Waals surface area contributed by atoms with Crippen molar-refractivity contribution in [3.8, 4) is 33.4 Å². The first-order valence-corrected chi connectivity index (χ1v) is 9.45. The van der Waals surface area contributed by atoms with E-state index in [1.165, 1.54) is 39.1 Å². The molecule has 0 unspecified atom stereocenters. The van der Waals surface area contributed by atoms with Crippen molar-refractivity contribution in [1.82, 2.24) is 0 Å². The van der Waals surface area contributed by atoms with Gasteiger partial charge in [0.05, 0.1) is 0 Å². The molecule has 4 rings (SSSR count). The number of rotatable bonds is 5. The van der Waals surface area contributed by atoms with Gasteiger partial charge in [0.15, 0.2) is 0 Å². The molecule has 0 aromatic heterocycles. The van der Waals surface area contributed by atoms with Gasteiger partial charge in [0.25, 0.3) is 0 Å². The van der Waals surface area contributed by atoms with Crippen LogP contribution in [-0.4, -0.2) is 6.54 Å². The largest absolute Gasteiger partial charge is 0.385 e. The summed E-state index contributed by atoms with van der Waals surface area (Å²) in [5, 5.41) is 3.50. The monoisotopic (exact) mass is 349 g/mol. The molecular formula is C26H23N. The van der Waals surface area contributed by atoms with E-state index in [4.69, 9.17) is 0 Å². The molecule has 0 fully saturated rings. The summed E-state index contributed by atoms with van der Waals surface area (Å²) in [6.07, 6.45) is 0. The molecular weight excluding hydrogens is 326 g/mol. The van der Waals surface area contributed by atoms with Crippen LogP contribution in [-0.2, 0) is 0 Å². The summed E-state index contributed by atoms with van der Waals surface area (Å²) in [5.74, 6) is 0. The lowest BCUT2D eigenvalue weighted by Gasteiger charge is -2.17. The van der Waals surface area contributed by atoms with Gasteiger partial charge < -0.3 is 5.32 Å². The highest BCUT2D eigenvalue weighted by molar-refractivity contribution is 5.94. The van der Waals surface area contributed by atoms with Crippen LogP contribution in [0, 0.1) is 0 Å². The van der Waals surface area contributed by atoms with Gasteiger partial charge in [0.1, 0.15) is 0 Å². The predicted octanol–water partition coefficient (Wildman–Crippen LogP) is 7.12. The van der Waals surface area contributed by atoms with Gasteiger partial charge in [0, 0.05) is 17.8 Å². The summed E-state index contributed by atoms with van der Waals surface area (Å²) in [4.78, 5) is 0. The Kier molecular flexibility index (Phi) is 5.02. The highest BCUT2D eigenvalue weighted by atomic mass is 14.9. The first kappa shape index (κ1) is 17.1. The van der Waals surface area contributed by atoms with Gasteiger partial charge in [-0.1, -0.05) is 97.1 Å². The highest BCUT2D eigenvalue weighted by Gasteiger charge is 2.13. The molecule has 4 aromatic carbocycles. The average molecular weight is 349 g/mol. The van der Waals surface area contributed by atoms with Crippen molar-refractivity contribution in [3.63, 3.8) is 0 Å². The Bertz CT molecular complexity index is 1030. The first-order chi connectivity index (χ1) is 13.4. The summed E-state index contributed by atoms with van der Waals surface area (Å²) in [7, 11) is 0. The van der Waals surface area contributed by atoms with Crippen molar-refractivity contribution in [1.29, 1.82) is 0 Å². The van der Waals surface area contributed by atoms with Crippen LogP contribution >= 0.6 is 0 Å². The van der Waals surface area contributed by atoms with E-state index in [9.17, 15) is 0 Å². The molecule has 0 amide bonds. The Morgan fingerprint density at radius 3 is 1.56 bits per heavy atom. The lowest BCUT2D eigenvalue weighted by molar-refractivity contribution is 1.21. The summed E-state index contributed by atoms with van der Waals surface area (Å²) in [5.41, 5.74) is 8.65. The third-order valence-corrected chi connectivity index (χ3v) is 4.81. The molecule has 0 aliphatic rings. The minimum Gasteiger partial charge on any atom is -0.385 e. The smallest absolute Gasteiger partial charge is 0.0419 e. The van der Waals surface area contributed by atoms with Crippen molar-refractivity contribution < 1.29 is 0 Å². The number of benzene rings is 4. The van der Waals surface area contributed by atoms with Crippen LogP contribution in [0.4, 0.5) is 5.69 Å². The molecule has 0 spiro atoms. The Morgan fingerprint density at radius 1 is 0.481 bits per heavy atom. The van der Waals surface area contributed by atoms with Crippen molar-refractivity contribution in [2.75, 3.05) is 11.9 Å². The van der Waals surface area contributed by atoms with E-state index in [2.05, 4.69) is 115 Å². The number of para-hydroxylation sites is 1. The van der Waals surface area contributed by atoms with Crippen LogP contribution in [0.15, 0.2) is 103 Å². The lowest BCUT2D eigenvalue weighted by Crippen LogP contribution is -1.99. The average Bonchev–Trinajstić information content (AvgIpc) is 2.75. The Morgan fingerprint density at radius 2 is 0.926 bits per heavy atom. The zero-order chi connectivity index (χ0) is 18.5. The van der Waals surface area contributed by atoms with Crippen LogP contribution in [0.25, 0.3) is 33.4 Å². The maximum atomic E-state index is 3.50. The molecule has 0 atom stereocenters. The fourth-order valence-electron chi connectivity index (χ4n) is 3.60. The second kappa shape index (κ2) is 7.92. The Labute approximate surface area is 161 Å². The van der Waals surface area contributed by atoms with Crippen molar-refractivity contribution >= 4 is 5.69 Å². The number of hydrogen-bond donors (Lipinski definition) is 1. The molecule has 0 radical (unpaired) electrons. The highest BCUT2D eigenvalue weighted by Crippen LogP contribution is 2.40. The molecule has 27 heavy (non-hydrogen) atoms. The summed E-state index contributed by atoms with van der Waals surface area (Å²) in [6.45, 7) is 3.03. The molecule has 0 heterocycles. The minimum atomic E-state index is 0.903. The van der Waals surface area contributed by atoms with Crippen LogP contribution in [0.5, 0.6) is 0 Å². The Hall–Kier alpha value is -3.32. The van der Waals surface area contributed by atoms with E-state index in [0.29, 0.717) is 0 Å². The third kappa shape index (κ3) is 3.50. The second-order valence-corrected chi connectivity index (χ2v) is 6.53. The molecule has 1 N–H and O–H groups in total. The van der Waals surface area contributed by atoms with Gasteiger partial charge >= 0.3 is 0 Å². The van der Waals surface area contributed by atoms with Crippen molar-refractivity contribution in [2.24, 2.45) is 0 Å². The fourth-order valence-corrected chi connectivity index (χ4v) is 3.60. The van der Waals surface area contributed by atoms with E-state index in [1.54, 1.807) is 0 Å². The van der Waals surface area contributed by atoms with Crippen molar-refractivity contribution in [3.05, 3.63) is 103 Å². The van der Waals surface area contributed by atoms with E-state index < -0.39 is 0 Å². The standard InChI is InChI=1S/C26H23N/c1-2-27-26-19-11-10-18-25(26)24-17-9-8-16-23(24)22-15-7-6-14-21(22)20-12-4-3-5-13-20/h3-19,27H,2H2,1H3. The summed E-state index contributed by atoms with van der Waals surface area (Å²) < 4.78 is 0. The van der Waals surface area contributed by atoms with Gasteiger partial charge in [-0.25, -0.2) is 0 Å². The first-order valence-electron chi connectivity index (χ1n) is 9.45. The number of nitrogens with one attached hydrogen (secondary N) is 1. The van der Waals surface area contributed by atoms with Gasteiger partial charge in [-0.15, -0.1) is 0 Å². The molecule has 0 saturated carbocycles. The number of anilines is 1. The van der Waals surface area contributed by atoms with E-state index >= 15 is 0 Å². The Balaban J connectivity index is 1.92. The van der Waals surface area contributed by atoms with Crippen molar-refractivity contribution in [2.45, 2.75) is 6.92 Å². The summed E-state index contributed by atoms with van der Waals surface area (Å²) in [6, 6.07) is 36.5. The molecule has 0 saturated heterocycles. The maximum Gasteiger partial charge on any atom is 0.0419 e. The maximum absolute atomic E-state index is 3.50. The molecule has 0 aliphatic carbocycles. The molecule has 4 aromatic rings. The molecule has 1 nitrogen and oxygen atoms in total. The third-order valence-electron chi connectivity index (χ3n) is 4.81. The normalized spacial score (nSPS) is 10.6. The quantitative estimate of drug-likeness (QED) is 0.404.